The summed E-state index contributed by atoms with van der Waals surface area (Å²) in [5.41, 5.74) is 2.67. The molecule has 20 heavy (non-hydrogen) atoms. The first-order valence-corrected chi connectivity index (χ1v) is 8.24. The van der Waals surface area contributed by atoms with Crippen LogP contribution in [0.15, 0.2) is 33.4 Å². The van der Waals surface area contributed by atoms with Crippen molar-refractivity contribution in [2.24, 2.45) is 0 Å². The molecular formula is C14H11BrClFN2S. The van der Waals surface area contributed by atoms with Crippen LogP contribution in [0.25, 0.3) is 11.0 Å². The normalized spacial score (nSPS) is 13.0. The Hall–Kier alpha value is -0.910. The number of benzene rings is 1. The molecule has 0 aliphatic carbocycles. The van der Waals surface area contributed by atoms with Crippen LogP contribution in [0.3, 0.4) is 0 Å². The van der Waals surface area contributed by atoms with Crippen molar-refractivity contribution in [2.45, 2.75) is 18.8 Å². The molecule has 0 N–H and O–H groups in total. The van der Waals surface area contributed by atoms with Crippen molar-refractivity contribution in [3.63, 3.8) is 0 Å². The Kier molecular flexibility index (Phi) is 3.84. The van der Waals surface area contributed by atoms with Crippen LogP contribution in [0.1, 0.15) is 23.7 Å². The molecule has 104 valence electrons. The van der Waals surface area contributed by atoms with E-state index in [2.05, 4.69) is 26.3 Å². The molecular weight excluding hydrogens is 363 g/mol. The van der Waals surface area contributed by atoms with Crippen LogP contribution < -0.4 is 0 Å². The van der Waals surface area contributed by atoms with Gasteiger partial charge < -0.3 is 4.57 Å². The summed E-state index contributed by atoms with van der Waals surface area (Å²) in [7, 11) is 0. The van der Waals surface area contributed by atoms with Crippen LogP contribution in [-0.2, 0) is 6.54 Å². The number of halogens is 3. The van der Waals surface area contributed by atoms with E-state index in [9.17, 15) is 4.39 Å². The van der Waals surface area contributed by atoms with E-state index in [4.69, 9.17) is 11.6 Å². The molecule has 0 bridgehead atoms. The second-order valence-electron chi connectivity index (χ2n) is 4.56. The molecule has 6 heteroatoms. The van der Waals surface area contributed by atoms with E-state index in [1.165, 1.54) is 6.07 Å². The van der Waals surface area contributed by atoms with Gasteiger partial charge in [0, 0.05) is 6.07 Å². The standard InChI is InChI=1S/C14H11BrClFN2S/c1-8(16)14-18-12-4-10(15)11(17)5-13(12)19(14)6-9-2-3-20-7-9/h2-5,7-8H,6H2,1H3. The Morgan fingerprint density at radius 2 is 2.30 bits per heavy atom. The second-order valence-corrected chi connectivity index (χ2v) is 6.85. The quantitative estimate of drug-likeness (QED) is 0.566. The van der Waals surface area contributed by atoms with E-state index >= 15 is 0 Å². The van der Waals surface area contributed by atoms with Crippen molar-refractivity contribution in [3.8, 4) is 0 Å². The molecule has 1 atom stereocenters. The largest absolute Gasteiger partial charge is 0.322 e. The van der Waals surface area contributed by atoms with Gasteiger partial charge in [-0.15, -0.1) is 11.6 Å². The Morgan fingerprint density at radius 1 is 1.50 bits per heavy atom. The Bertz CT molecular complexity index is 752. The van der Waals surface area contributed by atoms with E-state index in [0.717, 1.165) is 22.4 Å². The third kappa shape index (κ3) is 2.50. The smallest absolute Gasteiger partial charge is 0.139 e. The highest BCUT2D eigenvalue weighted by molar-refractivity contribution is 9.10. The van der Waals surface area contributed by atoms with E-state index < -0.39 is 0 Å². The fourth-order valence-electron chi connectivity index (χ4n) is 2.17. The minimum Gasteiger partial charge on any atom is -0.322 e. The van der Waals surface area contributed by atoms with Crippen LogP contribution in [0.2, 0.25) is 0 Å². The van der Waals surface area contributed by atoms with Gasteiger partial charge in [0.15, 0.2) is 0 Å². The van der Waals surface area contributed by atoms with Gasteiger partial charge in [0.05, 0.1) is 27.4 Å². The number of fused-ring (bicyclic) bond motifs is 1. The zero-order valence-electron chi connectivity index (χ0n) is 10.6. The van der Waals surface area contributed by atoms with Crippen LogP contribution in [0.5, 0.6) is 0 Å². The summed E-state index contributed by atoms with van der Waals surface area (Å²) in [6.07, 6.45) is 0. The van der Waals surface area contributed by atoms with Gasteiger partial charge >= 0.3 is 0 Å². The topological polar surface area (TPSA) is 17.8 Å². The summed E-state index contributed by atoms with van der Waals surface area (Å²) < 4.78 is 16.2. The summed E-state index contributed by atoms with van der Waals surface area (Å²) in [6.45, 7) is 2.52. The molecule has 0 fully saturated rings. The molecule has 2 nitrogen and oxygen atoms in total. The van der Waals surface area contributed by atoms with Crippen LogP contribution in [0.4, 0.5) is 4.39 Å². The van der Waals surface area contributed by atoms with Gasteiger partial charge in [0.2, 0.25) is 0 Å². The van der Waals surface area contributed by atoms with Gasteiger partial charge in [0.25, 0.3) is 0 Å². The second kappa shape index (κ2) is 5.47. The monoisotopic (exact) mass is 372 g/mol. The first kappa shape index (κ1) is 14.0. The Labute approximate surface area is 133 Å². The Balaban J connectivity index is 2.20. The average molecular weight is 374 g/mol. The molecule has 0 spiro atoms. The summed E-state index contributed by atoms with van der Waals surface area (Å²) in [5.74, 6) is 0.461. The average Bonchev–Trinajstić information content (AvgIpc) is 3.00. The number of nitrogens with zero attached hydrogens (tertiary/aromatic N) is 2. The lowest BCUT2D eigenvalue weighted by molar-refractivity contribution is 0.621. The fraction of sp³-hybridized carbons (Fsp3) is 0.214. The minimum atomic E-state index is -0.294. The van der Waals surface area contributed by atoms with E-state index in [1.54, 1.807) is 17.4 Å². The minimum absolute atomic E-state index is 0.233. The fourth-order valence-corrected chi connectivity index (χ4v) is 3.33. The highest BCUT2D eigenvalue weighted by atomic mass is 79.9. The van der Waals surface area contributed by atoms with E-state index in [-0.39, 0.29) is 11.2 Å². The highest BCUT2D eigenvalue weighted by Crippen LogP contribution is 2.29. The van der Waals surface area contributed by atoms with Crippen LogP contribution in [-0.4, -0.2) is 9.55 Å². The third-order valence-corrected chi connectivity index (χ3v) is 4.63. The van der Waals surface area contributed by atoms with Crippen molar-refractivity contribution < 1.29 is 4.39 Å². The predicted octanol–water partition coefficient (Wildman–Crippen LogP) is 5.35. The maximum absolute atomic E-state index is 13.8. The van der Waals surface area contributed by atoms with Crippen molar-refractivity contribution in [3.05, 3.63) is 50.6 Å². The molecule has 0 amide bonds. The van der Waals surface area contributed by atoms with Crippen LogP contribution >= 0.6 is 38.9 Å². The van der Waals surface area contributed by atoms with Crippen molar-refractivity contribution >= 4 is 49.9 Å². The molecule has 3 rings (SSSR count). The maximum Gasteiger partial charge on any atom is 0.139 e. The Morgan fingerprint density at radius 3 is 2.95 bits per heavy atom. The number of hydrogen-bond donors (Lipinski definition) is 0. The van der Waals surface area contributed by atoms with Crippen molar-refractivity contribution in [1.82, 2.24) is 9.55 Å². The number of thiophene rings is 1. The summed E-state index contributed by atoms with van der Waals surface area (Å²) >= 11 is 11.0. The van der Waals surface area contributed by atoms with Gasteiger partial charge in [-0.3, -0.25) is 0 Å². The molecule has 0 aliphatic heterocycles. The third-order valence-electron chi connectivity index (χ3n) is 3.10. The van der Waals surface area contributed by atoms with Gasteiger partial charge in [-0.25, -0.2) is 9.37 Å². The van der Waals surface area contributed by atoms with E-state index in [0.29, 0.717) is 11.0 Å². The molecule has 0 radical (unpaired) electrons. The lowest BCUT2D eigenvalue weighted by Gasteiger charge is -2.09. The zero-order valence-corrected chi connectivity index (χ0v) is 13.8. The lowest BCUT2D eigenvalue weighted by Crippen LogP contribution is -2.05. The number of alkyl halides is 1. The maximum atomic E-state index is 13.8. The highest BCUT2D eigenvalue weighted by Gasteiger charge is 2.17. The predicted molar refractivity (Wildman–Crippen MR) is 85.1 cm³/mol. The molecule has 1 aromatic carbocycles. The zero-order chi connectivity index (χ0) is 14.3. The first-order chi connectivity index (χ1) is 9.56. The molecule has 0 saturated carbocycles. The summed E-state index contributed by atoms with van der Waals surface area (Å²) in [4.78, 5) is 4.53. The number of aromatic nitrogens is 2. The molecule has 0 saturated heterocycles. The number of rotatable bonds is 3. The van der Waals surface area contributed by atoms with Gasteiger partial charge in [-0.05, 0) is 51.3 Å². The van der Waals surface area contributed by atoms with Gasteiger partial charge in [-0.2, -0.15) is 11.3 Å². The van der Waals surface area contributed by atoms with Crippen molar-refractivity contribution in [1.29, 1.82) is 0 Å². The number of hydrogen-bond acceptors (Lipinski definition) is 2. The molecule has 0 aliphatic rings. The van der Waals surface area contributed by atoms with E-state index in [1.807, 2.05) is 22.9 Å². The lowest BCUT2D eigenvalue weighted by atomic mass is 10.3. The molecule has 1 unspecified atom stereocenters. The number of imidazole rings is 1. The van der Waals surface area contributed by atoms with Crippen molar-refractivity contribution in [2.75, 3.05) is 0 Å². The summed E-state index contributed by atoms with van der Waals surface area (Å²) in [6, 6.07) is 5.24. The molecule has 2 aromatic heterocycles. The van der Waals surface area contributed by atoms with Gasteiger partial charge in [0.1, 0.15) is 11.6 Å². The SMILES string of the molecule is CC(Cl)c1nc2cc(Br)c(F)cc2n1Cc1ccsc1. The summed E-state index contributed by atoms with van der Waals surface area (Å²) in [5, 5.41) is 3.86. The first-order valence-electron chi connectivity index (χ1n) is 6.06. The molecule has 3 aromatic rings. The van der Waals surface area contributed by atoms with Gasteiger partial charge in [-0.1, -0.05) is 0 Å². The van der Waals surface area contributed by atoms with Crippen LogP contribution in [0, 0.1) is 5.82 Å². The molecule has 2 heterocycles.